The maximum Gasteiger partial charge on any atom is 0.0510 e. The molecule has 2 heteroatoms. The summed E-state index contributed by atoms with van der Waals surface area (Å²) < 4.78 is 5.66. The molecule has 0 amide bonds. The summed E-state index contributed by atoms with van der Waals surface area (Å²) in [7, 11) is 2.20. The Labute approximate surface area is 111 Å². The molecule has 4 aliphatic carbocycles. The molecule has 5 fully saturated rings. The smallest absolute Gasteiger partial charge is 0.0510 e. The van der Waals surface area contributed by atoms with Crippen molar-refractivity contribution in [2.45, 2.75) is 51.0 Å². The van der Waals surface area contributed by atoms with Crippen LogP contribution < -0.4 is 5.32 Å². The first-order valence-electron chi connectivity index (χ1n) is 8.04. The van der Waals surface area contributed by atoms with Crippen LogP contribution >= 0.6 is 0 Å². The SMILES string of the molecule is CNC(C1CCOC1)C12CC3CC(CC(C3)C1)C2. The van der Waals surface area contributed by atoms with E-state index in [0.29, 0.717) is 5.41 Å². The van der Waals surface area contributed by atoms with Crippen LogP contribution in [0.1, 0.15) is 44.9 Å². The molecule has 2 nitrogen and oxygen atoms in total. The molecular weight excluding hydrogens is 222 g/mol. The molecule has 102 valence electrons. The third-order valence-corrected chi connectivity index (χ3v) is 6.49. The Morgan fingerprint density at radius 3 is 2.11 bits per heavy atom. The Balaban J connectivity index is 1.61. The Morgan fingerprint density at radius 1 is 1.06 bits per heavy atom. The Kier molecular flexibility index (Phi) is 2.74. The van der Waals surface area contributed by atoms with Crippen molar-refractivity contribution in [3.8, 4) is 0 Å². The third kappa shape index (κ3) is 1.68. The Bertz CT molecular complexity index is 286. The Hall–Kier alpha value is -0.0800. The van der Waals surface area contributed by atoms with E-state index in [1.165, 1.54) is 25.7 Å². The van der Waals surface area contributed by atoms with Crippen molar-refractivity contribution in [2.75, 3.05) is 20.3 Å². The van der Waals surface area contributed by atoms with Crippen molar-refractivity contribution in [2.24, 2.45) is 29.1 Å². The summed E-state index contributed by atoms with van der Waals surface area (Å²) in [5, 5.41) is 3.72. The number of nitrogens with one attached hydrogen (secondary N) is 1. The van der Waals surface area contributed by atoms with Crippen molar-refractivity contribution in [1.29, 1.82) is 0 Å². The lowest BCUT2D eigenvalue weighted by molar-refractivity contribution is -0.0838. The Morgan fingerprint density at radius 2 is 1.67 bits per heavy atom. The van der Waals surface area contributed by atoms with Crippen molar-refractivity contribution >= 4 is 0 Å². The lowest BCUT2D eigenvalue weighted by Gasteiger charge is -2.60. The minimum atomic E-state index is 0.641. The van der Waals surface area contributed by atoms with Crippen LogP contribution in [-0.2, 0) is 4.74 Å². The van der Waals surface area contributed by atoms with Gasteiger partial charge in [-0.15, -0.1) is 0 Å². The van der Waals surface area contributed by atoms with Crippen LogP contribution in [-0.4, -0.2) is 26.3 Å². The first-order chi connectivity index (χ1) is 8.79. The van der Waals surface area contributed by atoms with Crippen LogP contribution in [0.5, 0.6) is 0 Å². The van der Waals surface area contributed by atoms with E-state index in [2.05, 4.69) is 12.4 Å². The molecule has 2 atom stereocenters. The largest absolute Gasteiger partial charge is 0.381 e. The van der Waals surface area contributed by atoms with Crippen LogP contribution in [0, 0.1) is 29.1 Å². The van der Waals surface area contributed by atoms with Gasteiger partial charge in [-0.25, -0.2) is 0 Å². The van der Waals surface area contributed by atoms with Crippen molar-refractivity contribution in [3.63, 3.8) is 0 Å². The van der Waals surface area contributed by atoms with Gasteiger partial charge < -0.3 is 10.1 Å². The second kappa shape index (κ2) is 4.21. The minimum Gasteiger partial charge on any atom is -0.381 e. The normalized spacial score (nSPS) is 51.8. The average Bonchev–Trinajstić information content (AvgIpc) is 2.81. The van der Waals surface area contributed by atoms with E-state index in [9.17, 15) is 0 Å². The molecule has 0 aromatic heterocycles. The molecule has 5 aliphatic rings. The molecule has 1 aliphatic heterocycles. The molecule has 0 aromatic rings. The van der Waals surface area contributed by atoms with E-state index in [-0.39, 0.29) is 0 Å². The van der Waals surface area contributed by atoms with Crippen molar-refractivity contribution in [3.05, 3.63) is 0 Å². The number of hydrogen-bond acceptors (Lipinski definition) is 2. The standard InChI is InChI=1S/C16H27NO/c1-17-15(14-2-3-18-10-14)16-7-11-4-12(8-16)6-13(5-11)9-16/h11-15,17H,2-10H2,1H3. The molecule has 1 heterocycles. The monoisotopic (exact) mass is 249 g/mol. The summed E-state index contributed by atoms with van der Waals surface area (Å²) in [5.74, 6) is 3.98. The predicted octanol–water partition coefficient (Wildman–Crippen LogP) is 2.83. The maximum atomic E-state index is 5.66. The van der Waals surface area contributed by atoms with Gasteiger partial charge in [0.25, 0.3) is 0 Å². The summed E-state index contributed by atoms with van der Waals surface area (Å²) in [6.07, 6.45) is 10.5. The fraction of sp³-hybridized carbons (Fsp3) is 1.00. The fourth-order valence-corrected chi connectivity index (χ4v) is 6.42. The van der Waals surface area contributed by atoms with Crippen LogP contribution in [0.25, 0.3) is 0 Å². The molecule has 1 saturated heterocycles. The zero-order chi connectivity index (χ0) is 12.2. The van der Waals surface area contributed by atoms with E-state index in [1.807, 2.05) is 0 Å². The molecular formula is C16H27NO. The van der Waals surface area contributed by atoms with Gasteiger partial charge in [0.05, 0.1) is 6.61 Å². The van der Waals surface area contributed by atoms with Gasteiger partial charge in [-0.1, -0.05) is 0 Å². The second-order valence-corrected chi connectivity index (χ2v) is 7.67. The highest BCUT2D eigenvalue weighted by Gasteiger charge is 2.55. The third-order valence-electron chi connectivity index (χ3n) is 6.49. The number of ether oxygens (including phenoxy) is 1. The molecule has 4 saturated carbocycles. The van der Waals surface area contributed by atoms with Gasteiger partial charge in [0.15, 0.2) is 0 Å². The van der Waals surface area contributed by atoms with E-state index >= 15 is 0 Å². The van der Waals surface area contributed by atoms with E-state index in [0.717, 1.165) is 42.9 Å². The molecule has 18 heavy (non-hydrogen) atoms. The highest BCUT2D eigenvalue weighted by atomic mass is 16.5. The lowest BCUT2D eigenvalue weighted by Crippen LogP contribution is -2.57. The molecule has 2 unspecified atom stereocenters. The molecule has 1 N–H and O–H groups in total. The van der Waals surface area contributed by atoms with Gasteiger partial charge in [-0.3, -0.25) is 0 Å². The van der Waals surface area contributed by atoms with Gasteiger partial charge in [-0.2, -0.15) is 0 Å². The van der Waals surface area contributed by atoms with Crippen LogP contribution in [0.4, 0.5) is 0 Å². The van der Waals surface area contributed by atoms with Crippen LogP contribution in [0.3, 0.4) is 0 Å². The van der Waals surface area contributed by atoms with Gasteiger partial charge >= 0.3 is 0 Å². The van der Waals surface area contributed by atoms with E-state index in [4.69, 9.17) is 4.74 Å². The molecule has 4 bridgehead atoms. The summed E-state index contributed by atoms with van der Waals surface area (Å²) in [4.78, 5) is 0. The summed E-state index contributed by atoms with van der Waals surface area (Å²) in [6.45, 7) is 2.00. The van der Waals surface area contributed by atoms with Crippen molar-refractivity contribution < 1.29 is 4.74 Å². The van der Waals surface area contributed by atoms with E-state index < -0.39 is 0 Å². The molecule has 0 aromatic carbocycles. The molecule has 5 rings (SSSR count). The lowest BCUT2D eigenvalue weighted by atomic mass is 9.46. The van der Waals surface area contributed by atoms with E-state index in [1.54, 1.807) is 19.3 Å². The first kappa shape index (κ1) is 11.7. The van der Waals surface area contributed by atoms with Gasteiger partial charge in [0.2, 0.25) is 0 Å². The fourth-order valence-electron chi connectivity index (χ4n) is 6.42. The van der Waals surface area contributed by atoms with Crippen LogP contribution in [0.15, 0.2) is 0 Å². The van der Waals surface area contributed by atoms with Gasteiger partial charge in [0.1, 0.15) is 0 Å². The molecule has 0 spiro atoms. The quantitative estimate of drug-likeness (QED) is 0.830. The second-order valence-electron chi connectivity index (χ2n) is 7.67. The highest BCUT2D eigenvalue weighted by Crippen LogP contribution is 2.62. The summed E-state index contributed by atoms with van der Waals surface area (Å²) >= 11 is 0. The zero-order valence-corrected chi connectivity index (χ0v) is 11.7. The first-order valence-corrected chi connectivity index (χ1v) is 8.04. The van der Waals surface area contributed by atoms with Crippen LogP contribution in [0.2, 0.25) is 0 Å². The summed E-state index contributed by atoms with van der Waals surface area (Å²) in [6, 6.07) is 0.730. The van der Waals surface area contributed by atoms with Gasteiger partial charge in [0, 0.05) is 18.6 Å². The highest BCUT2D eigenvalue weighted by molar-refractivity contribution is 5.07. The van der Waals surface area contributed by atoms with Crippen molar-refractivity contribution in [1.82, 2.24) is 5.32 Å². The number of rotatable bonds is 3. The summed E-state index contributed by atoms with van der Waals surface area (Å²) in [5.41, 5.74) is 0.641. The topological polar surface area (TPSA) is 21.3 Å². The molecule has 0 radical (unpaired) electrons. The minimum absolute atomic E-state index is 0.641. The average molecular weight is 249 g/mol. The maximum absolute atomic E-state index is 5.66. The van der Waals surface area contributed by atoms with Gasteiger partial charge in [-0.05, 0) is 75.2 Å². The predicted molar refractivity (Wildman–Crippen MR) is 72.4 cm³/mol. The number of hydrogen-bond donors (Lipinski definition) is 1. The zero-order valence-electron chi connectivity index (χ0n) is 11.7.